The maximum Gasteiger partial charge on any atom is 0.225 e. The average Bonchev–Trinajstić information content (AvgIpc) is 2.45. The number of anilines is 2. The van der Waals surface area contributed by atoms with Crippen molar-refractivity contribution in [3.8, 4) is 5.75 Å². The molecule has 0 bridgehead atoms. The van der Waals surface area contributed by atoms with Crippen molar-refractivity contribution < 1.29 is 14.6 Å². The molecule has 0 radical (unpaired) electrons. The maximum atomic E-state index is 11.9. The van der Waals surface area contributed by atoms with Gasteiger partial charge in [-0.1, -0.05) is 0 Å². The highest BCUT2D eigenvalue weighted by molar-refractivity contribution is 5.92. The molecule has 1 unspecified atom stereocenters. The van der Waals surface area contributed by atoms with E-state index in [1.54, 1.807) is 18.2 Å². The summed E-state index contributed by atoms with van der Waals surface area (Å²) in [6.07, 6.45) is 0.342. The van der Waals surface area contributed by atoms with Crippen molar-refractivity contribution in [2.24, 2.45) is 0 Å². The number of hydrogen-bond acceptors (Lipinski definition) is 5. The molecule has 1 rings (SSSR count). The fourth-order valence-corrected chi connectivity index (χ4v) is 1.66. The van der Waals surface area contributed by atoms with Gasteiger partial charge in [0.25, 0.3) is 0 Å². The van der Waals surface area contributed by atoms with E-state index in [4.69, 9.17) is 15.6 Å². The molecule has 0 fully saturated rings. The summed E-state index contributed by atoms with van der Waals surface area (Å²) in [6.45, 7) is 2.55. The number of nitrogens with zero attached hydrogens (tertiary/aromatic N) is 1. The molecule has 6 nitrogen and oxygen atoms in total. The lowest BCUT2D eigenvalue weighted by Crippen LogP contribution is -2.34. The molecule has 0 saturated carbocycles. The van der Waals surface area contributed by atoms with E-state index in [1.807, 2.05) is 18.9 Å². The van der Waals surface area contributed by atoms with Gasteiger partial charge in [-0.25, -0.2) is 0 Å². The standard InChI is InChI=1S/C14H23N3O3/c1-10(9-18)17(2)7-6-14(19)16-12-5-4-11(15)8-13(12)20-3/h4-5,8,10,18H,6-7,9,15H2,1-3H3,(H,16,19). The van der Waals surface area contributed by atoms with Crippen LogP contribution in [0.2, 0.25) is 0 Å². The molecular formula is C14H23N3O3. The molecule has 1 amide bonds. The van der Waals surface area contributed by atoms with E-state index >= 15 is 0 Å². The van der Waals surface area contributed by atoms with E-state index < -0.39 is 0 Å². The van der Waals surface area contributed by atoms with Crippen molar-refractivity contribution in [2.45, 2.75) is 19.4 Å². The van der Waals surface area contributed by atoms with Gasteiger partial charge in [0.2, 0.25) is 5.91 Å². The van der Waals surface area contributed by atoms with Crippen LogP contribution in [0, 0.1) is 0 Å². The van der Waals surface area contributed by atoms with Gasteiger partial charge in [-0.15, -0.1) is 0 Å². The van der Waals surface area contributed by atoms with Crippen LogP contribution in [0.5, 0.6) is 5.75 Å². The van der Waals surface area contributed by atoms with Crippen LogP contribution in [0.25, 0.3) is 0 Å². The number of benzene rings is 1. The topological polar surface area (TPSA) is 87.8 Å². The van der Waals surface area contributed by atoms with Crippen LogP contribution in [0.15, 0.2) is 18.2 Å². The van der Waals surface area contributed by atoms with E-state index in [0.29, 0.717) is 30.1 Å². The zero-order valence-electron chi connectivity index (χ0n) is 12.2. The van der Waals surface area contributed by atoms with Gasteiger partial charge in [0, 0.05) is 30.8 Å². The van der Waals surface area contributed by atoms with E-state index in [9.17, 15) is 4.79 Å². The van der Waals surface area contributed by atoms with E-state index in [1.165, 1.54) is 7.11 Å². The second-order valence-corrected chi connectivity index (χ2v) is 4.77. The normalized spacial score (nSPS) is 12.2. The molecular weight excluding hydrogens is 258 g/mol. The summed E-state index contributed by atoms with van der Waals surface area (Å²) >= 11 is 0. The molecule has 0 aliphatic carbocycles. The van der Waals surface area contributed by atoms with Gasteiger partial charge in [0.15, 0.2) is 0 Å². The number of carbonyl (C=O) groups is 1. The Balaban J connectivity index is 2.54. The first-order valence-electron chi connectivity index (χ1n) is 6.52. The predicted octanol–water partition coefficient (Wildman–Crippen LogP) is 0.919. The molecule has 0 aromatic heterocycles. The molecule has 112 valence electrons. The van der Waals surface area contributed by atoms with Crippen LogP contribution in [-0.4, -0.2) is 49.3 Å². The Hall–Kier alpha value is -1.79. The highest BCUT2D eigenvalue weighted by atomic mass is 16.5. The third-order valence-electron chi connectivity index (χ3n) is 3.21. The van der Waals surface area contributed by atoms with Crippen molar-refractivity contribution in [2.75, 3.05) is 38.4 Å². The third kappa shape index (κ3) is 4.71. The molecule has 1 atom stereocenters. The molecule has 4 N–H and O–H groups in total. The molecule has 1 aromatic carbocycles. The first kappa shape index (κ1) is 16.3. The quantitative estimate of drug-likeness (QED) is 0.647. The Morgan fingerprint density at radius 2 is 2.25 bits per heavy atom. The Bertz CT molecular complexity index is 451. The van der Waals surface area contributed by atoms with Crippen molar-refractivity contribution in [3.05, 3.63) is 18.2 Å². The predicted molar refractivity (Wildman–Crippen MR) is 79.8 cm³/mol. The summed E-state index contributed by atoms with van der Waals surface area (Å²) < 4.78 is 5.17. The lowest BCUT2D eigenvalue weighted by Gasteiger charge is -2.22. The molecule has 0 heterocycles. The van der Waals surface area contributed by atoms with Crippen LogP contribution in [0.4, 0.5) is 11.4 Å². The van der Waals surface area contributed by atoms with Crippen LogP contribution >= 0.6 is 0 Å². The maximum absolute atomic E-state index is 11.9. The minimum atomic E-state index is -0.106. The average molecular weight is 281 g/mol. The van der Waals surface area contributed by atoms with Gasteiger partial charge in [0.1, 0.15) is 5.75 Å². The van der Waals surface area contributed by atoms with Crippen LogP contribution in [0.3, 0.4) is 0 Å². The third-order valence-corrected chi connectivity index (χ3v) is 3.21. The number of hydrogen-bond donors (Lipinski definition) is 3. The zero-order valence-corrected chi connectivity index (χ0v) is 12.2. The van der Waals surface area contributed by atoms with Gasteiger partial charge in [-0.2, -0.15) is 0 Å². The van der Waals surface area contributed by atoms with Crippen LogP contribution in [-0.2, 0) is 4.79 Å². The van der Waals surface area contributed by atoms with Gasteiger partial charge < -0.3 is 25.8 Å². The summed E-state index contributed by atoms with van der Waals surface area (Å²) in [5, 5.41) is 11.8. The fourth-order valence-electron chi connectivity index (χ4n) is 1.66. The largest absolute Gasteiger partial charge is 0.494 e. The SMILES string of the molecule is COc1cc(N)ccc1NC(=O)CCN(C)C(C)CO. The number of carbonyl (C=O) groups excluding carboxylic acids is 1. The number of ether oxygens (including phenoxy) is 1. The number of amides is 1. The number of methoxy groups -OCH3 is 1. The fraction of sp³-hybridized carbons (Fsp3) is 0.500. The zero-order chi connectivity index (χ0) is 15.1. The molecule has 1 aromatic rings. The number of nitrogens with two attached hydrogens (primary N) is 1. The van der Waals surface area contributed by atoms with Gasteiger partial charge in [0.05, 0.1) is 19.4 Å². The smallest absolute Gasteiger partial charge is 0.225 e. The number of aliphatic hydroxyl groups excluding tert-OH is 1. The monoisotopic (exact) mass is 281 g/mol. The Morgan fingerprint density at radius 1 is 1.55 bits per heavy atom. The number of nitrogens with one attached hydrogen (secondary N) is 1. The minimum absolute atomic E-state index is 0.0360. The van der Waals surface area contributed by atoms with Gasteiger partial charge in [-0.05, 0) is 26.1 Å². The molecule has 0 spiro atoms. The summed E-state index contributed by atoms with van der Waals surface area (Å²) in [7, 11) is 3.40. The highest BCUT2D eigenvalue weighted by Crippen LogP contribution is 2.26. The molecule has 0 aliphatic rings. The van der Waals surface area contributed by atoms with Gasteiger partial charge >= 0.3 is 0 Å². The Labute approximate surface area is 119 Å². The Morgan fingerprint density at radius 3 is 2.85 bits per heavy atom. The lowest BCUT2D eigenvalue weighted by atomic mass is 10.2. The van der Waals surface area contributed by atoms with Crippen molar-refractivity contribution in [1.82, 2.24) is 4.90 Å². The number of likely N-dealkylation sites (N-methyl/N-ethyl adjacent to an activating group) is 1. The van der Waals surface area contributed by atoms with Crippen molar-refractivity contribution in [3.63, 3.8) is 0 Å². The number of rotatable bonds is 7. The van der Waals surface area contributed by atoms with Gasteiger partial charge in [-0.3, -0.25) is 4.79 Å². The molecule has 20 heavy (non-hydrogen) atoms. The summed E-state index contributed by atoms with van der Waals surface area (Å²) in [5.74, 6) is 0.431. The number of aliphatic hydroxyl groups is 1. The van der Waals surface area contributed by atoms with E-state index in [2.05, 4.69) is 5.32 Å². The minimum Gasteiger partial charge on any atom is -0.494 e. The molecule has 6 heteroatoms. The Kier molecular flexibility index (Phi) is 6.27. The van der Waals surface area contributed by atoms with Crippen LogP contribution < -0.4 is 15.8 Å². The second kappa shape index (κ2) is 7.72. The van der Waals surface area contributed by atoms with Crippen molar-refractivity contribution >= 4 is 17.3 Å². The lowest BCUT2D eigenvalue weighted by molar-refractivity contribution is -0.116. The van der Waals surface area contributed by atoms with Crippen LogP contribution in [0.1, 0.15) is 13.3 Å². The second-order valence-electron chi connectivity index (χ2n) is 4.77. The highest BCUT2D eigenvalue weighted by Gasteiger charge is 2.11. The molecule has 0 saturated heterocycles. The van der Waals surface area contributed by atoms with Crippen molar-refractivity contribution in [1.29, 1.82) is 0 Å². The van der Waals surface area contributed by atoms with E-state index in [0.717, 1.165) is 0 Å². The first-order chi connectivity index (χ1) is 9.47. The summed E-state index contributed by atoms with van der Waals surface area (Å²) in [4.78, 5) is 13.8. The first-order valence-corrected chi connectivity index (χ1v) is 6.52. The van der Waals surface area contributed by atoms with E-state index in [-0.39, 0.29) is 18.6 Å². The summed E-state index contributed by atoms with van der Waals surface area (Å²) in [6, 6.07) is 5.12. The number of nitrogen functional groups attached to an aromatic ring is 1. The molecule has 0 aliphatic heterocycles. The summed E-state index contributed by atoms with van der Waals surface area (Å²) in [5.41, 5.74) is 6.84.